The van der Waals surface area contributed by atoms with Crippen LogP contribution < -0.4 is 10.6 Å². The quantitative estimate of drug-likeness (QED) is 0.755. The highest BCUT2D eigenvalue weighted by Crippen LogP contribution is 2.14. The smallest absolute Gasteiger partial charge is 0.197 e. The largest absolute Gasteiger partial charge is 0.354 e. The molecular weight excluding hydrogens is 200 g/mol. The van der Waals surface area contributed by atoms with Crippen LogP contribution in [-0.2, 0) is 0 Å². The van der Waals surface area contributed by atoms with E-state index in [0.29, 0.717) is 0 Å². The summed E-state index contributed by atoms with van der Waals surface area (Å²) < 4.78 is 0. The van der Waals surface area contributed by atoms with E-state index in [1.165, 1.54) is 0 Å². The number of nitrogens with one attached hydrogen (secondary N) is 2. The number of para-hydroxylation sites is 1. The Morgan fingerprint density at radius 3 is 2.94 bits per heavy atom. The molecule has 0 atom stereocenters. The van der Waals surface area contributed by atoms with Crippen molar-refractivity contribution in [3.05, 3.63) is 36.4 Å². The van der Waals surface area contributed by atoms with Gasteiger partial charge in [0.05, 0.1) is 12.1 Å². The molecule has 2 heterocycles. The number of rotatable bonds is 1. The molecule has 3 rings (SSSR count). The van der Waals surface area contributed by atoms with Crippen molar-refractivity contribution in [1.82, 2.24) is 10.3 Å². The Labute approximate surface area is 93.4 Å². The molecule has 80 valence electrons. The maximum Gasteiger partial charge on any atom is 0.197 e. The van der Waals surface area contributed by atoms with E-state index in [-0.39, 0.29) is 0 Å². The Bertz CT molecular complexity index is 547. The summed E-state index contributed by atoms with van der Waals surface area (Å²) in [5, 5.41) is 7.46. The normalized spacial score (nSPS) is 14.6. The lowest BCUT2D eigenvalue weighted by Gasteiger charge is -2.06. The number of hydrogen-bond acceptors (Lipinski definition) is 4. The highest BCUT2D eigenvalue weighted by atomic mass is 15.2. The topological polar surface area (TPSA) is 49.3 Å². The van der Waals surface area contributed by atoms with Crippen molar-refractivity contribution in [3.63, 3.8) is 0 Å². The van der Waals surface area contributed by atoms with Crippen molar-refractivity contribution in [2.24, 2.45) is 4.99 Å². The molecule has 1 aromatic heterocycles. The predicted octanol–water partition coefficient (Wildman–Crippen LogP) is 1.61. The highest BCUT2D eigenvalue weighted by Gasteiger charge is 2.05. The number of aromatic nitrogens is 1. The van der Waals surface area contributed by atoms with Gasteiger partial charge in [0.25, 0.3) is 0 Å². The molecule has 16 heavy (non-hydrogen) atoms. The molecule has 0 fully saturated rings. The molecule has 2 N–H and O–H groups in total. The third-order valence-corrected chi connectivity index (χ3v) is 2.52. The summed E-state index contributed by atoms with van der Waals surface area (Å²) in [5.74, 6) is 1.63. The van der Waals surface area contributed by atoms with Crippen LogP contribution in [0.5, 0.6) is 0 Å². The zero-order chi connectivity index (χ0) is 10.8. The van der Waals surface area contributed by atoms with E-state index < -0.39 is 0 Å². The van der Waals surface area contributed by atoms with Gasteiger partial charge in [-0.25, -0.2) is 4.98 Å². The van der Waals surface area contributed by atoms with E-state index in [2.05, 4.69) is 32.7 Å². The van der Waals surface area contributed by atoms with E-state index in [0.717, 1.165) is 35.8 Å². The summed E-state index contributed by atoms with van der Waals surface area (Å²) in [5.41, 5.74) is 0.992. The number of fused-ring (bicyclic) bond motifs is 1. The summed E-state index contributed by atoms with van der Waals surface area (Å²) >= 11 is 0. The van der Waals surface area contributed by atoms with Crippen LogP contribution >= 0.6 is 0 Å². The molecule has 0 aliphatic carbocycles. The van der Waals surface area contributed by atoms with E-state index in [4.69, 9.17) is 0 Å². The van der Waals surface area contributed by atoms with Crippen molar-refractivity contribution in [3.8, 4) is 0 Å². The summed E-state index contributed by atoms with van der Waals surface area (Å²) in [6, 6.07) is 12.1. The fraction of sp³-hybridized carbons (Fsp3) is 0.167. The minimum absolute atomic E-state index is 0.808. The van der Waals surface area contributed by atoms with Gasteiger partial charge in [-0.3, -0.25) is 4.99 Å². The molecule has 1 aliphatic heterocycles. The molecule has 0 saturated heterocycles. The second-order valence-electron chi connectivity index (χ2n) is 3.67. The van der Waals surface area contributed by atoms with Crippen LogP contribution in [0.15, 0.2) is 41.4 Å². The maximum atomic E-state index is 4.51. The monoisotopic (exact) mass is 212 g/mol. The molecule has 1 aromatic carbocycles. The first-order valence-corrected chi connectivity index (χ1v) is 5.33. The summed E-state index contributed by atoms with van der Waals surface area (Å²) in [7, 11) is 0. The van der Waals surface area contributed by atoms with Crippen molar-refractivity contribution < 1.29 is 0 Å². The van der Waals surface area contributed by atoms with Gasteiger partial charge >= 0.3 is 0 Å². The first-order valence-electron chi connectivity index (χ1n) is 5.33. The van der Waals surface area contributed by atoms with E-state index in [1.54, 1.807) is 0 Å². The molecule has 0 amide bonds. The van der Waals surface area contributed by atoms with Gasteiger partial charge in [0.1, 0.15) is 5.82 Å². The lowest BCUT2D eigenvalue weighted by Crippen LogP contribution is -2.26. The average molecular weight is 212 g/mol. The number of anilines is 1. The van der Waals surface area contributed by atoms with Gasteiger partial charge in [-0.15, -0.1) is 0 Å². The van der Waals surface area contributed by atoms with Crippen LogP contribution in [0.25, 0.3) is 10.9 Å². The molecular formula is C12H12N4. The van der Waals surface area contributed by atoms with Crippen LogP contribution in [0.3, 0.4) is 0 Å². The lowest BCUT2D eigenvalue weighted by molar-refractivity contribution is 0.959. The standard InChI is InChI=1S/C12H12N4/c1-2-4-10-9(3-1)5-6-11(15-10)16-12-13-7-8-14-12/h1-6H,7-8H2,(H2,13,14,15,16). The molecule has 0 bridgehead atoms. The Kier molecular flexibility index (Phi) is 2.18. The predicted molar refractivity (Wildman–Crippen MR) is 65.7 cm³/mol. The lowest BCUT2D eigenvalue weighted by atomic mass is 10.2. The van der Waals surface area contributed by atoms with Crippen LogP contribution in [0.4, 0.5) is 5.82 Å². The minimum Gasteiger partial charge on any atom is -0.354 e. The van der Waals surface area contributed by atoms with Crippen molar-refractivity contribution >= 4 is 22.7 Å². The third-order valence-electron chi connectivity index (χ3n) is 2.52. The number of pyridine rings is 1. The van der Waals surface area contributed by atoms with Crippen LogP contribution in [0, 0.1) is 0 Å². The number of hydrogen-bond donors (Lipinski definition) is 2. The molecule has 4 heteroatoms. The summed E-state index contributed by atoms with van der Waals surface area (Å²) in [4.78, 5) is 8.77. The molecule has 1 aliphatic rings. The van der Waals surface area contributed by atoms with Gasteiger partial charge in [0.2, 0.25) is 0 Å². The van der Waals surface area contributed by atoms with Crippen molar-refractivity contribution in [2.45, 2.75) is 0 Å². The molecule has 0 unspecified atom stereocenters. The summed E-state index contributed by atoms with van der Waals surface area (Å²) in [6.07, 6.45) is 0. The second kappa shape index (κ2) is 3.81. The molecule has 4 nitrogen and oxygen atoms in total. The van der Waals surface area contributed by atoms with Gasteiger partial charge in [0, 0.05) is 11.9 Å². The number of guanidine groups is 1. The van der Waals surface area contributed by atoms with E-state index in [9.17, 15) is 0 Å². The fourth-order valence-electron chi connectivity index (χ4n) is 1.74. The van der Waals surface area contributed by atoms with E-state index in [1.807, 2.05) is 24.3 Å². The number of nitrogens with zero attached hydrogens (tertiary/aromatic N) is 2. The fourth-order valence-corrected chi connectivity index (χ4v) is 1.74. The van der Waals surface area contributed by atoms with Crippen molar-refractivity contribution in [2.75, 3.05) is 18.4 Å². The van der Waals surface area contributed by atoms with Gasteiger partial charge < -0.3 is 10.6 Å². The average Bonchev–Trinajstić information content (AvgIpc) is 2.82. The van der Waals surface area contributed by atoms with Gasteiger partial charge in [-0.2, -0.15) is 0 Å². The highest BCUT2D eigenvalue weighted by molar-refractivity contribution is 5.94. The number of benzene rings is 1. The first-order chi connectivity index (χ1) is 7.92. The number of aliphatic imine (C=N–C) groups is 1. The molecule has 0 spiro atoms. The molecule has 0 saturated carbocycles. The van der Waals surface area contributed by atoms with Gasteiger partial charge in [-0.05, 0) is 18.2 Å². The Balaban J connectivity index is 1.92. The van der Waals surface area contributed by atoms with Gasteiger partial charge in [-0.1, -0.05) is 18.2 Å². The Hall–Kier alpha value is -2.10. The molecule has 2 aromatic rings. The minimum atomic E-state index is 0.808. The maximum absolute atomic E-state index is 4.51. The van der Waals surface area contributed by atoms with Crippen LogP contribution in [0.2, 0.25) is 0 Å². The van der Waals surface area contributed by atoms with Gasteiger partial charge in [0.15, 0.2) is 5.96 Å². The zero-order valence-corrected chi connectivity index (χ0v) is 8.77. The van der Waals surface area contributed by atoms with E-state index >= 15 is 0 Å². The third kappa shape index (κ3) is 1.69. The Morgan fingerprint density at radius 1 is 1.12 bits per heavy atom. The molecule has 0 radical (unpaired) electrons. The summed E-state index contributed by atoms with van der Waals surface area (Å²) in [6.45, 7) is 1.73. The van der Waals surface area contributed by atoms with Crippen LogP contribution in [0.1, 0.15) is 0 Å². The van der Waals surface area contributed by atoms with Crippen molar-refractivity contribution in [1.29, 1.82) is 0 Å². The zero-order valence-electron chi connectivity index (χ0n) is 8.77. The SMILES string of the molecule is c1ccc2nc(NC3=NCCN3)ccc2c1. The Morgan fingerprint density at radius 2 is 2.06 bits per heavy atom. The second-order valence-corrected chi connectivity index (χ2v) is 3.67. The van der Waals surface area contributed by atoms with Crippen LogP contribution in [-0.4, -0.2) is 24.0 Å². The first kappa shape index (κ1) is 9.15.